The Hall–Kier alpha value is -2.60. The summed E-state index contributed by atoms with van der Waals surface area (Å²) in [5, 5.41) is 25.6. The number of Topliss-reactive ketones (excluding diaryl/α,β-unsaturated/α-hetero) is 1. The second-order valence-electron chi connectivity index (χ2n) is 4.58. The third-order valence-electron chi connectivity index (χ3n) is 3.37. The number of rotatable bonds is 2. The first-order valence-electron chi connectivity index (χ1n) is 6.18. The van der Waals surface area contributed by atoms with E-state index >= 15 is 0 Å². The van der Waals surface area contributed by atoms with Gasteiger partial charge in [0.2, 0.25) is 0 Å². The summed E-state index contributed by atoms with van der Waals surface area (Å²) >= 11 is 1.32. The van der Waals surface area contributed by atoms with E-state index in [2.05, 4.69) is 5.32 Å². The van der Waals surface area contributed by atoms with E-state index in [1.54, 1.807) is 41.3 Å². The highest BCUT2D eigenvalue weighted by Gasteiger charge is 2.40. The molecule has 21 heavy (non-hydrogen) atoms. The summed E-state index contributed by atoms with van der Waals surface area (Å²) in [6.07, 6.45) is 8.74. The molecule has 1 aliphatic carbocycles. The average Bonchev–Trinajstić information content (AvgIpc) is 2.75. The molecule has 0 fully saturated rings. The highest BCUT2D eigenvalue weighted by molar-refractivity contribution is 7.08. The minimum atomic E-state index is -1.42. The number of carbonyl (C=O) groups excluding carboxylic acids is 1. The second kappa shape index (κ2) is 5.06. The topological polar surface area (TPSA) is 86.6 Å². The summed E-state index contributed by atoms with van der Waals surface area (Å²) in [6, 6.07) is 0. The van der Waals surface area contributed by atoms with Crippen molar-refractivity contribution in [2.45, 2.75) is 5.92 Å². The Balaban J connectivity index is 2.17. The molecule has 0 bridgehead atoms. The minimum Gasteiger partial charge on any atom is -0.506 e. The molecule has 2 aliphatic rings. The van der Waals surface area contributed by atoms with Crippen LogP contribution in [0, 0.1) is 0 Å². The number of thiophene rings is 1. The van der Waals surface area contributed by atoms with Gasteiger partial charge >= 0.3 is 5.97 Å². The van der Waals surface area contributed by atoms with E-state index in [1.165, 1.54) is 11.3 Å². The molecule has 0 amide bonds. The zero-order chi connectivity index (χ0) is 15.0. The van der Waals surface area contributed by atoms with Crippen LogP contribution in [0.4, 0.5) is 0 Å². The summed E-state index contributed by atoms with van der Waals surface area (Å²) in [5.41, 5.74) is 1.04. The number of carboxylic acids is 1. The Morgan fingerprint density at radius 1 is 1.24 bits per heavy atom. The number of allylic oxidation sites excluding steroid dienone is 5. The highest BCUT2D eigenvalue weighted by Crippen LogP contribution is 2.40. The largest absolute Gasteiger partial charge is 0.506 e. The van der Waals surface area contributed by atoms with E-state index in [9.17, 15) is 19.8 Å². The fraction of sp³-hybridized carbons (Fsp3) is 0.0667. The molecule has 0 saturated heterocycles. The van der Waals surface area contributed by atoms with Crippen LogP contribution in [0.25, 0.3) is 5.76 Å². The number of carboxylic acid groups (broad SMARTS) is 1. The van der Waals surface area contributed by atoms with Gasteiger partial charge in [-0.15, -0.1) is 0 Å². The van der Waals surface area contributed by atoms with Crippen molar-refractivity contribution in [2.24, 2.45) is 0 Å². The zero-order valence-electron chi connectivity index (χ0n) is 10.7. The SMILES string of the molecule is O=C(O)C1=C(O)c2cscc2C(C2=CC=CC=CN2)C1=O. The molecule has 106 valence electrons. The summed E-state index contributed by atoms with van der Waals surface area (Å²) < 4.78 is 0. The van der Waals surface area contributed by atoms with Gasteiger partial charge in [-0.25, -0.2) is 4.79 Å². The van der Waals surface area contributed by atoms with Gasteiger partial charge in [0.25, 0.3) is 0 Å². The molecule has 0 radical (unpaired) electrons. The Kier molecular flexibility index (Phi) is 3.23. The van der Waals surface area contributed by atoms with Crippen molar-refractivity contribution in [2.75, 3.05) is 0 Å². The molecule has 1 atom stereocenters. The van der Waals surface area contributed by atoms with Crippen LogP contribution in [0.2, 0.25) is 0 Å². The number of aliphatic hydroxyl groups excluding tert-OH is 1. The zero-order valence-corrected chi connectivity index (χ0v) is 11.6. The Bertz CT molecular complexity index is 751. The monoisotopic (exact) mass is 301 g/mol. The van der Waals surface area contributed by atoms with Gasteiger partial charge in [-0.2, -0.15) is 11.3 Å². The molecule has 3 rings (SSSR count). The van der Waals surface area contributed by atoms with Crippen molar-refractivity contribution in [3.63, 3.8) is 0 Å². The van der Waals surface area contributed by atoms with E-state index in [4.69, 9.17) is 0 Å². The summed E-state index contributed by atoms with van der Waals surface area (Å²) in [6.45, 7) is 0. The molecule has 1 unspecified atom stereocenters. The maximum Gasteiger partial charge on any atom is 0.343 e. The number of hydrogen-bond donors (Lipinski definition) is 3. The van der Waals surface area contributed by atoms with Crippen LogP contribution in [0.5, 0.6) is 0 Å². The van der Waals surface area contributed by atoms with Gasteiger partial charge in [0.15, 0.2) is 5.78 Å². The van der Waals surface area contributed by atoms with Crippen LogP contribution in [-0.2, 0) is 9.59 Å². The van der Waals surface area contributed by atoms with E-state index in [-0.39, 0.29) is 0 Å². The van der Waals surface area contributed by atoms with E-state index in [0.717, 1.165) is 0 Å². The highest BCUT2D eigenvalue weighted by atomic mass is 32.1. The van der Waals surface area contributed by atoms with Gasteiger partial charge < -0.3 is 15.5 Å². The maximum absolute atomic E-state index is 12.5. The molecule has 1 aromatic heterocycles. The van der Waals surface area contributed by atoms with Gasteiger partial charge in [0.05, 0.1) is 5.92 Å². The van der Waals surface area contributed by atoms with Crippen molar-refractivity contribution in [1.29, 1.82) is 0 Å². The standard InChI is InChI=1S/C15H11NO4S/c17-13-9-7-21-6-8(9)11(14(18)12(13)15(19)20)10-4-2-1-3-5-16-10/h1-7,11,16-17H,(H,19,20). The maximum atomic E-state index is 12.5. The van der Waals surface area contributed by atoms with Gasteiger partial charge in [-0.1, -0.05) is 12.2 Å². The van der Waals surface area contributed by atoms with Gasteiger partial charge in [-0.3, -0.25) is 4.79 Å². The third-order valence-corrected chi connectivity index (χ3v) is 4.13. The first-order valence-corrected chi connectivity index (χ1v) is 7.12. The first kappa shape index (κ1) is 13.4. The molecule has 0 spiro atoms. The van der Waals surface area contributed by atoms with Crippen molar-refractivity contribution >= 4 is 28.8 Å². The van der Waals surface area contributed by atoms with Crippen LogP contribution in [-0.4, -0.2) is 22.0 Å². The number of hydrogen-bond acceptors (Lipinski definition) is 5. The number of ketones is 1. The lowest BCUT2D eigenvalue weighted by atomic mass is 9.81. The van der Waals surface area contributed by atoms with E-state index in [0.29, 0.717) is 16.8 Å². The molecule has 1 aliphatic heterocycles. The lowest BCUT2D eigenvalue weighted by Gasteiger charge is -2.24. The summed E-state index contributed by atoms with van der Waals surface area (Å²) in [7, 11) is 0. The van der Waals surface area contributed by atoms with Crippen molar-refractivity contribution in [3.8, 4) is 0 Å². The summed E-state index contributed by atoms with van der Waals surface area (Å²) in [4.78, 5) is 23.8. The third kappa shape index (κ3) is 2.09. The smallest absolute Gasteiger partial charge is 0.343 e. The fourth-order valence-corrected chi connectivity index (χ4v) is 3.29. The minimum absolute atomic E-state index is 0.405. The van der Waals surface area contributed by atoms with Gasteiger partial charge in [-0.05, 0) is 23.1 Å². The van der Waals surface area contributed by atoms with Crippen LogP contribution < -0.4 is 5.32 Å². The molecule has 0 saturated carbocycles. The number of aliphatic carboxylic acids is 1. The molecular formula is C15H11NO4S. The Morgan fingerprint density at radius 2 is 2.05 bits per heavy atom. The normalized spacial score (nSPS) is 20.7. The lowest BCUT2D eigenvalue weighted by Crippen LogP contribution is -2.30. The van der Waals surface area contributed by atoms with Crippen molar-refractivity contribution in [3.05, 3.63) is 63.7 Å². The number of aliphatic hydroxyl groups is 1. The van der Waals surface area contributed by atoms with Gasteiger partial charge in [0.1, 0.15) is 11.3 Å². The van der Waals surface area contributed by atoms with Crippen LogP contribution in [0.1, 0.15) is 17.0 Å². The van der Waals surface area contributed by atoms with Crippen LogP contribution >= 0.6 is 11.3 Å². The number of carbonyl (C=O) groups is 2. The quantitative estimate of drug-likeness (QED) is 0.730. The predicted octanol–water partition coefficient (Wildman–Crippen LogP) is 2.33. The molecule has 5 nitrogen and oxygen atoms in total. The molecule has 2 heterocycles. The number of fused-ring (bicyclic) bond motifs is 1. The van der Waals surface area contributed by atoms with Crippen molar-refractivity contribution in [1.82, 2.24) is 5.32 Å². The van der Waals surface area contributed by atoms with Crippen molar-refractivity contribution < 1.29 is 19.8 Å². The average molecular weight is 301 g/mol. The second-order valence-corrected chi connectivity index (χ2v) is 5.32. The molecule has 0 aromatic carbocycles. The summed E-state index contributed by atoms with van der Waals surface area (Å²) in [5.74, 6) is -3.24. The fourth-order valence-electron chi connectivity index (χ4n) is 2.43. The van der Waals surface area contributed by atoms with Crippen LogP contribution in [0.15, 0.2) is 52.5 Å². The Labute approximate surface area is 124 Å². The molecule has 6 heteroatoms. The lowest BCUT2D eigenvalue weighted by molar-refractivity contribution is -0.134. The number of nitrogens with one attached hydrogen (secondary N) is 1. The molecular weight excluding hydrogens is 290 g/mol. The first-order chi connectivity index (χ1) is 10.1. The van der Waals surface area contributed by atoms with E-state index < -0.39 is 29.0 Å². The molecule has 1 aromatic rings. The Morgan fingerprint density at radius 3 is 2.81 bits per heavy atom. The van der Waals surface area contributed by atoms with E-state index in [1.807, 2.05) is 0 Å². The predicted molar refractivity (Wildman–Crippen MR) is 78.8 cm³/mol. The van der Waals surface area contributed by atoms with Gasteiger partial charge in [0, 0.05) is 22.8 Å². The molecule has 3 N–H and O–H groups in total. The van der Waals surface area contributed by atoms with Crippen LogP contribution in [0.3, 0.4) is 0 Å².